The number of aromatic hydroxyl groups is 2. The lowest BCUT2D eigenvalue weighted by atomic mass is 9.66. The Morgan fingerprint density at radius 2 is 1.78 bits per heavy atom. The van der Waals surface area contributed by atoms with Crippen molar-refractivity contribution in [2.75, 3.05) is 0 Å². The van der Waals surface area contributed by atoms with E-state index >= 15 is 0 Å². The van der Waals surface area contributed by atoms with Gasteiger partial charge in [0.2, 0.25) is 0 Å². The molecule has 1 atom stereocenters. The summed E-state index contributed by atoms with van der Waals surface area (Å²) in [5.74, 6) is -1.21. The Morgan fingerprint density at radius 1 is 1.09 bits per heavy atom. The molecule has 0 aliphatic heterocycles. The van der Waals surface area contributed by atoms with Gasteiger partial charge in [0.05, 0.1) is 5.56 Å². The summed E-state index contributed by atoms with van der Waals surface area (Å²) in [7, 11) is -1.70. The van der Waals surface area contributed by atoms with Crippen LogP contribution < -0.4 is 0 Å². The highest BCUT2D eigenvalue weighted by molar-refractivity contribution is 6.43. The highest BCUT2D eigenvalue weighted by Crippen LogP contribution is 2.30. The van der Waals surface area contributed by atoms with Gasteiger partial charge in [-0.3, -0.25) is 4.79 Å². The Balaban J connectivity index is 2.18. The number of ketones is 1. The van der Waals surface area contributed by atoms with Gasteiger partial charge >= 0.3 is 7.12 Å². The molecule has 2 aromatic rings. The Kier molecular flexibility index (Phi) is 5.42. The SMILES string of the molecule is Cc1cccc(CC(CC(=O)c2ccccc2O)B(O)O)c1O. The van der Waals surface area contributed by atoms with Crippen LogP contribution in [0, 0.1) is 6.92 Å². The van der Waals surface area contributed by atoms with Crippen molar-refractivity contribution < 1.29 is 25.1 Å². The lowest BCUT2D eigenvalue weighted by Crippen LogP contribution is -2.25. The molecular weight excluding hydrogens is 295 g/mol. The molecule has 23 heavy (non-hydrogen) atoms. The number of rotatable bonds is 6. The quantitative estimate of drug-likeness (QED) is 0.483. The molecule has 0 radical (unpaired) electrons. The molecule has 0 fully saturated rings. The van der Waals surface area contributed by atoms with Crippen LogP contribution >= 0.6 is 0 Å². The average Bonchev–Trinajstić information content (AvgIpc) is 2.51. The zero-order chi connectivity index (χ0) is 17.0. The summed E-state index contributed by atoms with van der Waals surface area (Å²) >= 11 is 0. The van der Waals surface area contributed by atoms with Crippen LogP contribution in [0.5, 0.6) is 11.5 Å². The second kappa shape index (κ2) is 7.31. The van der Waals surface area contributed by atoms with Crippen LogP contribution in [0.15, 0.2) is 42.5 Å². The minimum Gasteiger partial charge on any atom is -0.507 e. The first kappa shape index (κ1) is 17.1. The van der Waals surface area contributed by atoms with Crippen LogP contribution in [0.2, 0.25) is 5.82 Å². The maximum atomic E-state index is 12.3. The van der Waals surface area contributed by atoms with E-state index < -0.39 is 12.9 Å². The third-order valence-corrected chi connectivity index (χ3v) is 3.88. The Morgan fingerprint density at radius 3 is 2.43 bits per heavy atom. The number of hydrogen-bond donors (Lipinski definition) is 4. The summed E-state index contributed by atoms with van der Waals surface area (Å²) in [6.45, 7) is 1.75. The molecule has 1 unspecified atom stereocenters. The van der Waals surface area contributed by atoms with E-state index in [9.17, 15) is 25.1 Å². The minimum absolute atomic E-state index is 0.0909. The lowest BCUT2D eigenvalue weighted by Gasteiger charge is -2.17. The van der Waals surface area contributed by atoms with Crippen molar-refractivity contribution in [2.24, 2.45) is 0 Å². The average molecular weight is 314 g/mol. The molecule has 2 aromatic carbocycles. The Bertz CT molecular complexity index is 699. The largest absolute Gasteiger partial charge is 0.507 e. The predicted octanol–water partition coefficient (Wildman–Crippen LogP) is 2.06. The summed E-state index contributed by atoms with van der Waals surface area (Å²) in [6, 6.07) is 11.3. The van der Waals surface area contributed by atoms with E-state index in [1.54, 1.807) is 37.3 Å². The molecule has 0 aromatic heterocycles. The monoisotopic (exact) mass is 314 g/mol. The van der Waals surface area contributed by atoms with Crippen molar-refractivity contribution >= 4 is 12.9 Å². The molecule has 0 aliphatic carbocycles. The van der Waals surface area contributed by atoms with E-state index in [4.69, 9.17) is 0 Å². The van der Waals surface area contributed by atoms with Crippen molar-refractivity contribution in [1.29, 1.82) is 0 Å². The van der Waals surface area contributed by atoms with Crippen LogP contribution in [-0.2, 0) is 6.42 Å². The van der Waals surface area contributed by atoms with Gasteiger partial charge in [0.25, 0.3) is 0 Å². The standard InChI is InChI=1S/C17H19BO5/c1-11-5-4-6-12(17(11)21)9-13(18(22)23)10-16(20)14-7-2-3-8-15(14)19/h2-8,13,19,21-23H,9-10H2,1H3. The van der Waals surface area contributed by atoms with Crippen molar-refractivity contribution in [2.45, 2.75) is 25.6 Å². The molecule has 0 heterocycles. The number of para-hydroxylation sites is 2. The molecule has 4 N–H and O–H groups in total. The molecule has 5 nitrogen and oxygen atoms in total. The summed E-state index contributed by atoms with van der Waals surface area (Å²) in [6.07, 6.45) is -0.00681. The third-order valence-electron chi connectivity index (χ3n) is 3.88. The normalized spacial score (nSPS) is 12.0. The zero-order valence-electron chi connectivity index (χ0n) is 12.8. The maximum absolute atomic E-state index is 12.3. The number of carbonyl (C=O) groups is 1. The molecule has 2 rings (SSSR count). The van der Waals surface area contributed by atoms with E-state index in [0.29, 0.717) is 11.1 Å². The lowest BCUT2D eigenvalue weighted by molar-refractivity contribution is 0.0973. The number of Topliss-reactive ketones (excluding diaryl/α,β-unsaturated/α-hetero) is 1. The van der Waals surface area contributed by atoms with E-state index in [1.807, 2.05) is 0 Å². The summed E-state index contributed by atoms with van der Waals surface area (Å²) in [5, 5.41) is 38.9. The van der Waals surface area contributed by atoms with E-state index in [1.165, 1.54) is 12.1 Å². The van der Waals surface area contributed by atoms with Crippen LogP contribution in [0.4, 0.5) is 0 Å². The van der Waals surface area contributed by atoms with Crippen molar-refractivity contribution in [3.63, 3.8) is 0 Å². The molecule has 0 aliphatic rings. The maximum Gasteiger partial charge on any atom is 0.455 e. The van der Waals surface area contributed by atoms with E-state index in [0.717, 1.165) is 0 Å². The summed E-state index contributed by atoms with van der Waals surface area (Å²) < 4.78 is 0. The van der Waals surface area contributed by atoms with Gasteiger partial charge in [0, 0.05) is 12.2 Å². The first-order valence-electron chi connectivity index (χ1n) is 7.35. The number of benzene rings is 2. The van der Waals surface area contributed by atoms with Crippen LogP contribution in [0.25, 0.3) is 0 Å². The van der Waals surface area contributed by atoms with Crippen LogP contribution in [0.3, 0.4) is 0 Å². The fraction of sp³-hybridized carbons (Fsp3) is 0.235. The fourth-order valence-electron chi connectivity index (χ4n) is 2.51. The minimum atomic E-state index is -1.70. The van der Waals surface area contributed by atoms with E-state index in [2.05, 4.69) is 0 Å². The number of phenols is 2. The van der Waals surface area contributed by atoms with Gasteiger partial charge in [-0.05, 0) is 36.6 Å². The molecular formula is C17H19BO5. The Labute approximate surface area is 135 Å². The predicted molar refractivity (Wildman–Crippen MR) is 87.5 cm³/mol. The van der Waals surface area contributed by atoms with Gasteiger partial charge in [0.1, 0.15) is 11.5 Å². The molecule has 0 saturated carbocycles. The topological polar surface area (TPSA) is 98.0 Å². The number of phenolic OH excluding ortho intramolecular Hbond substituents is 2. The number of hydrogen-bond acceptors (Lipinski definition) is 5. The molecule has 120 valence electrons. The van der Waals surface area contributed by atoms with Gasteiger partial charge < -0.3 is 20.3 Å². The molecule has 0 saturated heterocycles. The highest BCUT2D eigenvalue weighted by Gasteiger charge is 2.28. The zero-order valence-corrected chi connectivity index (χ0v) is 12.8. The smallest absolute Gasteiger partial charge is 0.455 e. The van der Waals surface area contributed by atoms with Gasteiger partial charge in [-0.2, -0.15) is 0 Å². The first-order valence-corrected chi connectivity index (χ1v) is 7.35. The molecule has 0 spiro atoms. The van der Waals surface area contributed by atoms with Gasteiger partial charge in [-0.15, -0.1) is 0 Å². The van der Waals surface area contributed by atoms with Gasteiger partial charge in [0.15, 0.2) is 5.78 Å². The third kappa shape index (κ3) is 4.12. The molecule has 0 amide bonds. The number of carbonyl (C=O) groups excluding carboxylic acids is 1. The molecule has 6 heteroatoms. The fourth-order valence-corrected chi connectivity index (χ4v) is 2.51. The number of aryl methyl sites for hydroxylation is 1. The summed E-state index contributed by atoms with van der Waals surface area (Å²) in [4.78, 5) is 12.3. The van der Waals surface area contributed by atoms with Crippen molar-refractivity contribution in [3.8, 4) is 11.5 Å². The first-order chi connectivity index (χ1) is 10.9. The Hall–Kier alpha value is -2.31. The summed E-state index contributed by atoms with van der Waals surface area (Å²) in [5.41, 5.74) is 1.38. The second-order valence-corrected chi connectivity index (χ2v) is 5.60. The molecule has 0 bridgehead atoms. The van der Waals surface area contributed by atoms with Crippen molar-refractivity contribution in [3.05, 3.63) is 59.2 Å². The van der Waals surface area contributed by atoms with Crippen molar-refractivity contribution in [1.82, 2.24) is 0 Å². The van der Waals surface area contributed by atoms with Gasteiger partial charge in [-0.1, -0.05) is 30.3 Å². The van der Waals surface area contributed by atoms with E-state index in [-0.39, 0.29) is 35.7 Å². The van der Waals surface area contributed by atoms with Gasteiger partial charge in [-0.25, -0.2) is 0 Å². The highest BCUT2D eigenvalue weighted by atomic mass is 16.4. The second-order valence-electron chi connectivity index (χ2n) is 5.60. The van der Waals surface area contributed by atoms with Crippen LogP contribution in [-0.4, -0.2) is 33.2 Å². The van der Waals surface area contributed by atoms with Crippen LogP contribution in [0.1, 0.15) is 27.9 Å².